The van der Waals surface area contributed by atoms with Gasteiger partial charge < -0.3 is 10.2 Å². The molecule has 1 N–H and O–H groups in total. The molecule has 0 atom stereocenters. The molecule has 0 spiro atoms. The Bertz CT molecular complexity index is 1000. The second-order valence-electron chi connectivity index (χ2n) is 6.60. The monoisotopic (exact) mass is 375 g/mol. The lowest BCUT2D eigenvalue weighted by Gasteiger charge is -2.17. The fourth-order valence-electron chi connectivity index (χ4n) is 2.98. The van der Waals surface area contributed by atoms with Crippen molar-refractivity contribution >= 4 is 17.3 Å². The summed E-state index contributed by atoms with van der Waals surface area (Å²) in [6.45, 7) is 0.328. The second kappa shape index (κ2) is 8.35. The Hall–Kier alpha value is -3.67. The molecule has 0 aliphatic heterocycles. The van der Waals surface area contributed by atoms with Gasteiger partial charge in [0.25, 0.3) is 11.6 Å². The summed E-state index contributed by atoms with van der Waals surface area (Å²) < 4.78 is 0. The minimum atomic E-state index is -0.500. The van der Waals surface area contributed by atoms with Crippen molar-refractivity contribution in [1.29, 1.82) is 0 Å². The Morgan fingerprint density at radius 2 is 1.68 bits per heavy atom. The molecule has 142 valence electrons. The average molecular weight is 375 g/mol. The molecule has 0 aromatic heterocycles. The van der Waals surface area contributed by atoms with Gasteiger partial charge in [-0.1, -0.05) is 48.5 Å². The third kappa shape index (κ3) is 4.35. The Labute approximate surface area is 163 Å². The van der Waals surface area contributed by atoms with Gasteiger partial charge in [-0.25, -0.2) is 0 Å². The van der Waals surface area contributed by atoms with Crippen LogP contribution in [0.1, 0.15) is 15.9 Å². The predicted octanol–water partition coefficient (Wildman–Crippen LogP) is 4.26. The summed E-state index contributed by atoms with van der Waals surface area (Å²) in [5, 5.41) is 13.9. The summed E-state index contributed by atoms with van der Waals surface area (Å²) >= 11 is 0. The van der Waals surface area contributed by atoms with Crippen LogP contribution in [-0.4, -0.2) is 24.9 Å². The smallest absolute Gasteiger partial charge is 0.270 e. The number of carbonyl (C=O) groups excluding carboxylic acids is 1. The predicted molar refractivity (Wildman–Crippen MR) is 110 cm³/mol. The van der Waals surface area contributed by atoms with Crippen LogP contribution >= 0.6 is 0 Å². The zero-order valence-corrected chi connectivity index (χ0v) is 15.8. The summed E-state index contributed by atoms with van der Waals surface area (Å²) in [5.41, 5.74) is 3.91. The largest absolute Gasteiger partial charge is 0.377 e. The van der Waals surface area contributed by atoms with Gasteiger partial charge in [0.2, 0.25) is 0 Å². The Morgan fingerprint density at radius 1 is 0.964 bits per heavy atom. The molecule has 0 saturated carbocycles. The van der Waals surface area contributed by atoms with Crippen LogP contribution < -0.4 is 10.2 Å². The number of nitro benzene ring substituents is 1. The van der Waals surface area contributed by atoms with E-state index in [1.54, 1.807) is 25.1 Å². The van der Waals surface area contributed by atoms with Crippen LogP contribution in [0, 0.1) is 10.1 Å². The highest BCUT2D eigenvalue weighted by molar-refractivity contribution is 6.00. The molecular weight excluding hydrogens is 354 g/mol. The number of amides is 1. The second-order valence-corrected chi connectivity index (χ2v) is 6.60. The molecule has 6 heteroatoms. The minimum absolute atomic E-state index is 0.109. The van der Waals surface area contributed by atoms with Crippen molar-refractivity contribution in [1.82, 2.24) is 5.32 Å². The number of benzene rings is 3. The summed E-state index contributed by atoms with van der Waals surface area (Å²) in [7, 11) is 3.59. The first-order valence-corrected chi connectivity index (χ1v) is 8.84. The van der Waals surface area contributed by atoms with Crippen LogP contribution in [0.15, 0.2) is 72.8 Å². The fourth-order valence-corrected chi connectivity index (χ4v) is 2.98. The van der Waals surface area contributed by atoms with E-state index in [1.807, 2.05) is 54.6 Å². The van der Waals surface area contributed by atoms with Crippen molar-refractivity contribution in [2.24, 2.45) is 0 Å². The number of hydrogen-bond donors (Lipinski definition) is 1. The Morgan fingerprint density at radius 3 is 2.36 bits per heavy atom. The quantitative estimate of drug-likeness (QED) is 0.516. The molecule has 6 nitrogen and oxygen atoms in total. The van der Waals surface area contributed by atoms with E-state index in [1.165, 1.54) is 12.1 Å². The molecule has 3 rings (SSSR count). The zero-order chi connectivity index (χ0) is 20.1. The first-order valence-electron chi connectivity index (χ1n) is 8.84. The van der Waals surface area contributed by atoms with Crippen molar-refractivity contribution < 1.29 is 9.72 Å². The molecule has 0 heterocycles. The van der Waals surface area contributed by atoms with Crippen LogP contribution in [0.5, 0.6) is 0 Å². The van der Waals surface area contributed by atoms with Gasteiger partial charge >= 0.3 is 0 Å². The van der Waals surface area contributed by atoms with E-state index < -0.39 is 4.92 Å². The lowest BCUT2D eigenvalue weighted by molar-refractivity contribution is -0.384. The Kier molecular flexibility index (Phi) is 5.69. The van der Waals surface area contributed by atoms with Crippen molar-refractivity contribution in [2.75, 3.05) is 19.0 Å². The summed E-state index contributed by atoms with van der Waals surface area (Å²) in [6, 6.07) is 22.2. The fraction of sp³-hybridized carbons (Fsp3) is 0.136. The highest BCUT2D eigenvalue weighted by Gasteiger charge is 2.17. The molecule has 0 saturated heterocycles. The molecule has 3 aromatic rings. The Balaban J connectivity index is 1.79. The van der Waals surface area contributed by atoms with Crippen molar-refractivity contribution in [3.63, 3.8) is 0 Å². The highest BCUT2D eigenvalue weighted by atomic mass is 16.6. The van der Waals surface area contributed by atoms with Gasteiger partial charge in [0, 0.05) is 38.5 Å². The standard InChI is InChI=1S/C22H21N3O3/c1-24(2)21-12-11-19(25(27)28)14-20(21)22(26)23-15-16-7-6-10-18(13-16)17-8-4-3-5-9-17/h3-14H,15H2,1-2H3,(H,23,26). The summed E-state index contributed by atoms with van der Waals surface area (Å²) in [6.07, 6.45) is 0. The first kappa shape index (κ1) is 19.1. The number of nitrogens with one attached hydrogen (secondary N) is 1. The highest BCUT2D eigenvalue weighted by Crippen LogP contribution is 2.24. The lowest BCUT2D eigenvalue weighted by Crippen LogP contribution is -2.25. The van der Waals surface area contributed by atoms with E-state index in [0.29, 0.717) is 12.2 Å². The molecular formula is C22H21N3O3. The number of carbonyl (C=O) groups is 1. The van der Waals surface area contributed by atoms with Crippen molar-refractivity contribution in [2.45, 2.75) is 6.54 Å². The van der Waals surface area contributed by atoms with Gasteiger partial charge in [-0.2, -0.15) is 0 Å². The first-order chi connectivity index (χ1) is 13.5. The molecule has 0 fully saturated rings. The van der Waals surface area contributed by atoms with E-state index >= 15 is 0 Å². The molecule has 3 aromatic carbocycles. The maximum atomic E-state index is 12.7. The number of rotatable bonds is 6. The van der Waals surface area contributed by atoms with Gasteiger partial charge in [-0.3, -0.25) is 14.9 Å². The number of non-ortho nitro benzene ring substituents is 1. The average Bonchev–Trinajstić information content (AvgIpc) is 2.72. The molecule has 0 aliphatic carbocycles. The lowest BCUT2D eigenvalue weighted by atomic mass is 10.0. The zero-order valence-electron chi connectivity index (χ0n) is 15.8. The van der Waals surface area contributed by atoms with Crippen molar-refractivity contribution in [3.05, 3.63) is 94.0 Å². The number of nitrogens with zero attached hydrogens (tertiary/aromatic N) is 2. The number of hydrogen-bond acceptors (Lipinski definition) is 4. The van der Waals surface area contributed by atoms with E-state index in [9.17, 15) is 14.9 Å². The van der Waals surface area contributed by atoms with Crippen LogP contribution in [0.2, 0.25) is 0 Å². The van der Waals surface area contributed by atoms with Crippen LogP contribution in [0.4, 0.5) is 11.4 Å². The van der Waals surface area contributed by atoms with Gasteiger partial charge in [0.15, 0.2) is 0 Å². The third-order valence-electron chi connectivity index (χ3n) is 4.40. The summed E-state index contributed by atoms with van der Waals surface area (Å²) in [4.78, 5) is 25.0. The normalized spacial score (nSPS) is 10.4. The van der Waals surface area contributed by atoms with Crippen LogP contribution in [0.3, 0.4) is 0 Å². The number of nitro groups is 1. The van der Waals surface area contributed by atoms with Gasteiger partial charge in [0.1, 0.15) is 0 Å². The minimum Gasteiger partial charge on any atom is -0.377 e. The van der Waals surface area contributed by atoms with Gasteiger partial charge in [0.05, 0.1) is 10.5 Å². The molecule has 28 heavy (non-hydrogen) atoms. The SMILES string of the molecule is CN(C)c1ccc([N+](=O)[O-])cc1C(=O)NCc1cccc(-c2ccccc2)c1. The van der Waals surface area contributed by atoms with Crippen LogP contribution in [0.25, 0.3) is 11.1 Å². The van der Waals surface area contributed by atoms with E-state index in [2.05, 4.69) is 5.32 Å². The number of anilines is 1. The van der Waals surface area contributed by atoms with Crippen LogP contribution in [-0.2, 0) is 6.54 Å². The molecule has 0 aliphatic rings. The maximum Gasteiger partial charge on any atom is 0.270 e. The van der Waals surface area contributed by atoms with E-state index in [0.717, 1.165) is 16.7 Å². The molecule has 1 amide bonds. The van der Waals surface area contributed by atoms with Gasteiger partial charge in [-0.15, -0.1) is 0 Å². The molecule has 0 bridgehead atoms. The summed E-state index contributed by atoms with van der Waals surface area (Å²) in [5.74, 6) is -0.350. The third-order valence-corrected chi connectivity index (χ3v) is 4.40. The van der Waals surface area contributed by atoms with Crippen molar-refractivity contribution in [3.8, 4) is 11.1 Å². The van der Waals surface area contributed by atoms with E-state index in [-0.39, 0.29) is 17.2 Å². The van der Waals surface area contributed by atoms with E-state index in [4.69, 9.17) is 0 Å². The molecule has 0 unspecified atom stereocenters. The maximum absolute atomic E-state index is 12.7. The topological polar surface area (TPSA) is 75.5 Å². The van der Waals surface area contributed by atoms with Gasteiger partial charge in [-0.05, 0) is 28.8 Å². The molecule has 0 radical (unpaired) electrons.